The van der Waals surface area contributed by atoms with E-state index in [0.29, 0.717) is 11.1 Å². The summed E-state index contributed by atoms with van der Waals surface area (Å²) in [6, 6.07) is 14.1. The maximum absolute atomic E-state index is 11.8. The van der Waals surface area contributed by atoms with Gasteiger partial charge in [0.25, 0.3) is 0 Å². The third kappa shape index (κ3) is 4.66. The van der Waals surface area contributed by atoms with E-state index in [9.17, 15) is 9.59 Å². The topological polar surface area (TPSA) is 52.6 Å². The molecule has 2 aromatic rings. The van der Waals surface area contributed by atoms with Gasteiger partial charge in [0, 0.05) is 0 Å². The van der Waals surface area contributed by atoms with Gasteiger partial charge in [-0.25, -0.2) is 0 Å². The van der Waals surface area contributed by atoms with Crippen LogP contribution in [0.3, 0.4) is 0 Å². The van der Waals surface area contributed by atoms with Gasteiger partial charge >= 0.3 is 137 Å². The van der Waals surface area contributed by atoms with Crippen LogP contribution in [0.4, 0.5) is 0 Å². The van der Waals surface area contributed by atoms with E-state index in [1.54, 1.807) is 24.3 Å². The minimum atomic E-state index is -2.20. The Balaban J connectivity index is 1.83. The van der Waals surface area contributed by atoms with Gasteiger partial charge < -0.3 is 0 Å². The zero-order chi connectivity index (χ0) is 15.2. The zero-order valence-corrected chi connectivity index (χ0v) is 15.6. The van der Waals surface area contributed by atoms with E-state index in [0.717, 1.165) is 11.1 Å². The predicted molar refractivity (Wildman–Crippen MR) is 78.9 cm³/mol. The number of aryl methyl sites for hydroxylation is 2. The van der Waals surface area contributed by atoms with Crippen molar-refractivity contribution in [2.45, 2.75) is 13.8 Å². The Labute approximate surface area is 136 Å². The van der Waals surface area contributed by atoms with Gasteiger partial charge in [0.05, 0.1) is 0 Å². The molecule has 106 valence electrons. The van der Waals surface area contributed by atoms with Crippen molar-refractivity contribution in [2.75, 3.05) is 0 Å². The molecule has 5 heteroatoms. The fourth-order valence-electron chi connectivity index (χ4n) is 1.59. The van der Waals surface area contributed by atoms with Gasteiger partial charge in [0.15, 0.2) is 0 Å². The molecule has 0 heterocycles. The Hall–Kier alpha value is -1.70. The van der Waals surface area contributed by atoms with Crippen molar-refractivity contribution in [3.8, 4) is 0 Å². The summed E-state index contributed by atoms with van der Waals surface area (Å²) in [5, 5.41) is 0. The average molecular weight is 477 g/mol. The summed E-state index contributed by atoms with van der Waals surface area (Å²) in [6.45, 7) is 3.88. The van der Waals surface area contributed by atoms with Gasteiger partial charge in [-0.2, -0.15) is 0 Å². The van der Waals surface area contributed by atoms with Crippen molar-refractivity contribution in [1.29, 1.82) is 0 Å². The molecular formula is C16H14O4Pb. The summed E-state index contributed by atoms with van der Waals surface area (Å²) < 4.78 is 10.2. The van der Waals surface area contributed by atoms with Crippen LogP contribution in [-0.2, 0) is 5.37 Å². The second-order valence-corrected chi connectivity index (χ2v) is 6.83. The Morgan fingerprint density at radius 2 is 1.05 bits per heavy atom. The van der Waals surface area contributed by atoms with Crippen LogP contribution in [0.1, 0.15) is 31.8 Å². The van der Waals surface area contributed by atoms with E-state index >= 15 is 0 Å². The van der Waals surface area contributed by atoms with Crippen LogP contribution < -0.4 is 0 Å². The molecule has 0 amide bonds. The number of carbonyl (C=O) groups is 2. The molecule has 0 atom stereocenters. The molecule has 0 saturated carbocycles. The van der Waals surface area contributed by atoms with E-state index in [1.165, 1.54) is 0 Å². The summed E-state index contributed by atoms with van der Waals surface area (Å²) in [6.07, 6.45) is 0. The number of benzene rings is 2. The molecular weight excluding hydrogens is 463 g/mol. The Morgan fingerprint density at radius 3 is 1.38 bits per heavy atom. The van der Waals surface area contributed by atoms with Gasteiger partial charge in [0.2, 0.25) is 0 Å². The zero-order valence-electron chi connectivity index (χ0n) is 11.8. The fourth-order valence-corrected chi connectivity index (χ4v) is 3.26. The van der Waals surface area contributed by atoms with E-state index < -0.39 is 37.1 Å². The summed E-state index contributed by atoms with van der Waals surface area (Å²) >= 11 is -2.20. The molecule has 21 heavy (non-hydrogen) atoms. The first-order chi connectivity index (χ1) is 10.1. The van der Waals surface area contributed by atoms with E-state index in [2.05, 4.69) is 0 Å². The molecule has 0 aliphatic rings. The van der Waals surface area contributed by atoms with Gasteiger partial charge in [0.1, 0.15) is 0 Å². The van der Waals surface area contributed by atoms with Gasteiger partial charge in [-0.05, 0) is 0 Å². The number of hydrogen-bond acceptors (Lipinski definition) is 4. The summed E-state index contributed by atoms with van der Waals surface area (Å²) in [5.74, 6) is -0.870. The van der Waals surface area contributed by atoms with Crippen LogP contribution in [0.2, 0.25) is 0 Å². The van der Waals surface area contributed by atoms with Crippen LogP contribution in [0, 0.1) is 13.8 Å². The third-order valence-corrected chi connectivity index (χ3v) is 4.93. The Morgan fingerprint density at radius 1 is 0.714 bits per heavy atom. The number of carbonyl (C=O) groups excluding carboxylic acids is 2. The quantitative estimate of drug-likeness (QED) is 0.636. The molecule has 0 unspecified atom stereocenters. The standard InChI is InChI=1S/2C8H8O2.Pb/c2*1-6-2-4-7(5-3-6)8(9)10;/h2*2-5H,1H3,(H,9,10);/q;;+2/p-2. The number of hydrogen-bond donors (Lipinski definition) is 0. The monoisotopic (exact) mass is 478 g/mol. The molecule has 2 aromatic carbocycles. The number of rotatable bonds is 4. The normalized spacial score (nSPS) is 10.0. The van der Waals surface area contributed by atoms with Crippen molar-refractivity contribution in [2.24, 2.45) is 0 Å². The van der Waals surface area contributed by atoms with Crippen molar-refractivity contribution in [3.05, 3.63) is 70.8 Å². The van der Waals surface area contributed by atoms with Crippen molar-refractivity contribution < 1.29 is 15.0 Å². The third-order valence-electron chi connectivity index (χ3n) is 2.84. The summed E-state index contributed by atoms with van der Waals surface area (Å²) in [7, 11) is 0. The van der Waals surface area contributed by atoms with Crippen LogP contribution in [-0.4, -0.2) is 37.1 Å². The predicted octanol–water partition coefficient (Wildman–Crippen LogP) is 2.85. The first-order valence-electron chi connectivity index (χ1n) is 6.37. The SMILES string of the molecule is Cc1ccc(C(=O)[O][Pb][O]C(=O)c2ccc(C)cc2)cc1. The van der Waals surface area contributed by atoms with Crippen LogP contribution >= 0.6 is 0 Å². The molecule has 2 rings (SSSR count). The van der Waals surface area contributed by atoms with E-state index in [1.807, 2.05) is 38.1 Å². The molecule has 0 N–H and O–H groups in total. The van der Waals surface area contributed by atoms with Crippen LogP contribution in [0.5, 0.6) is 0 Å². The molecule has 0 fully saturated rings. The van der Waals surface area contributed by atoms with Gasteiger partial charge in [-0.3, -0.25) is 0 Å². The first-order valence-corrected chi connectivity index (χ1v) is 9.54. The fraction of sp³-hybridized carbons (Fsp3) is 0.125. The van der Waals surface area contributed by atoms with Crippen LogP contribution in [0.15, 0.2) is 48.5 Å². The molecule has 0 bridgehead atoms. The molecule has 0 aromatic heterocycles. The summed E-state index contributed by atoms with van der Waals surface area (Å²) in [4.78, 5) is 23.5. The van der Waals surface area contributed by atoms with Gasteiger partial charge in [-0.1, -0.05) is 0 Å². The maximum atomic E-state index is 11.8. The van der Waals surface area contributed by atoms with Crippen molar-refractivity contribution >= 4 is 37.1 Å². The molecule has 0 spiro atoms. The van der Waals surface area contributed by atoms with Crippen LogP contribution in [0.25, 0.3) is 0 Å². The van der Waals surface area contributed by atoms with E-state index in [-0.39, 0.29) is 0 Å². The van der Waals surface area contributed by atoms with Gasteiger partial charge in [-0.15, -0.1) is 0 Å². The molecule has 0 saturated heterocycles. The first kappa shape index (κ1) is 15.7. The summed E-state index contributed by atoms with van der Waals surface area (Å²) in [5.41, 5.74) is 3.08. The molecule has 0 aliphatic heterocycles. The molecule has 0 aliphatic carbocycles. The second kappa shape index (κ2) is 7.35. The Kier molecular flexibility index (Phi) is 5.49. The molecule has 4 nitrogen and oxygen atoms in total. The van der Waals surface area contributed by atoms with Crippen molar-refractivity contribution in [1.82, 2.24) is 0 Å². The Bertz CT molecular complexity index is 575. The van der Waals surface area contributed by atoms with Crippen molar-refractivity contribution in [3.63, 3.8) is 0 Å². The molecule has 2 radical (unpaired) electrons. The average Bonchev–Trinajstić information content (AvgIpc) is 2.48. The minimum absolute atomic E-state index is 0.435. The van der Waals surface area contributed by atoms with E-state index in [4.69, 9.17) is 5.37 Å². The second-order valence-electron chi connectivity index (χ2n) is 4.59.